The lowest BCUT2D eigenvalue weighted by Gasteiger charge is -2.12. The topological polar surface area (TPSA) is 63.1 Å². The first-order valence-corrected chi connectivity index (χ1v) is 10.5. The molecule has 0 saturated carbocycles. The molecule has 10 heteroatoms. The molecule has 0 amide bonds. The molecular formula is C22H15Br2F3N2O3. The molecule has 0 saturated heterocycles. The van der Waals surface area contributed by atoms with E-state index >= 15 is 0 Å². The number of nitrogens with zero attached hydrogens (tertiary/aromatic N) is 1. The van der Waals surface area contributed by atoms with E-state index in [1.165, 1.54) is 18.2 Å². The van der Waals surface area contributed by atoms with Crippen molar-refractivity contribution in [1.29, 1.82) is 0 Å². The Morgan fingerprint density at radius 2 is 1.56 bits per heavy atom. The third-order valence-electron chi connectivity index (χ3n) is 3.91. The molecule has 0 heterocycles. The summed E-state index contributed by atoms with van der Waals surface area (Å²) in [6, 6.07) is 15.4. The van der Waals surface area contributed by atoms with E-state index in [0.29, 0.717) is 26.0 Å². The summed E-state index contributed by atoms with van der Waals surface area (Å²) in [6.45, 7) is 3.92. The van der Waals surface area contributed by atoms with Crippen molar-refractivity contribution in [3.05, 3.63) is 87.3 Å². The Bertz CT molecular complexity index is 1140. The minimum Gasteiger partial charge on any atom is -0.506 e. The second-order valence-electron chi connectivity index (χ2n) is 6.33. The molecule has 0 bridgehead atoms. The number of hydrazone groups is 1. The molecule has 5 nitrogen and oxygen atoms in total. The van der Waals surface area contributed by atoms with Crippen molar-refractivity contribution in [2.24, 2.45) is 5.10 Å². The van der Waals surface area contributed by atoms with Crippen LogP contribution in [0, 0.1) is 0 Å². The Morgan fingerprint density at radius 1 is 0.969 bits per heavy atom. The molecule has 3 aromatic carbocycles. The Hall–Kier alpha value is -2.98. The Balaban J connectivity index is 1.67. The van der Waals surface area contributed by atoms with E-state index in [2.05, 4.69) is 53.7 Å². The quantitative estimate of drug-likeness (QED) is 0.232. The summed E-state index contributed by atoms with van der Waals surface area (Å²) < 4.78 is 47.8. The number of aromatic hydroxyl groups is 1. The van der Waals surface area contributed by atoms with Crippen LogP contribution < -0.4 is 14.9 Å². The highest BCUT2D eigenvalue weighted by Gasteiger charge is 2.31. The number of hydrogen-bond acceptors (Lipinski definition) is 5. The molecule has 3 rings (SSSR count). The lowest BCUT2D eigenvalue weighted by atomic mass is 10.2. The van der Waals surface area contributed by atoms with E-state index in [4.69, 9.17) is 4.74 Å². The highest BCUT2D eigenvalue weighted by atomic mass is 79.9. The molecule has 2 N–H and O–H groups in total. The summed E-state index contributed by atoms with van der Waals surface area (Å²) in [4.78, 5) is 0. The van der Waals surface area contributed by atoms with Crippen molar-refractivity contribution >= 4 is 43.8 Å². The maximum absolute atomic E-state index is 12.4. The third kappa shape index (κ3) is 6.76. The second-order valence-corrected chi connectivity index (χ2v) is 8.04. The van der Waals surface area contributed by atoms with Crippen LogP contribution in [0.3, 0.4) is 0 Å². The van der Waals surface area contributed by atoms with E-state index < -0.39 is 6.36 Å². The molecule has 0 radical (unpaired) electrons. The van der Waals surface area contributed by atoms with Gasteiger partial charge in [-0.1, -0.05) is 24.8 Å². The first-order chi connectivity index (χ1) is 15.1. The van der Waals surface area contributed by atoms with Crippen LogP contribution in [0.15, 0.2) is 81.3 Å². The third-order valence-corrected chi connectivity index (χ3v) is 5.12. The smallest absolute Gasteiger partial charge is 0.506 e. The van der Waals surface area contributed by atoms with Crippen LogP contribution in [0.2, 0.25) is 0 Å². The van der Waals surface area contributed by atoms with Crippen molar-refractivity contribution in [3.8, 4) is 23.0 Å². The molecule has 0 atom stereocenters. The molecule has 166 valence electrons. The maximum atomic E-state index is 12.4. The predicted octanol–water partition coefficient (Wildman–Crippen LogP) is 7.20. The Labute approximate surface area is 198 Å². The fourth-order valence-electron chi connectivity index (χ4n) is 2.53. The summed E-state index contributed by atoms with van der Waals surface area (Å²) >= 11 is 6.50. The molecule has 0 fully saturated rings. The largest absolute Gasteiger partial charge is 0.573 e. The number of nitrogens with one attached hydrogen (secondary N) is 1. The summed E-state index contributed by atoms with van der Waals surface area (Å²) in [5.41, 5.74) is 4.66. The number of ether oxygens (including phenoxy) is 2. The highest BCUT2D eigenvalue weighted by Crippen LogP contribution is 2.33. The number of benzene rings is 3. The summed E-state index contributed by atoms with van der Waals surface area (Å²) in [5.74, 6) is 0.292. The summed E-state index contributed by atoms with van der Waals surface area (Å²) in [7, 11) is 0. The van der Waals surface area contributed by atoms with Gasteiger partial charge in [-0.25, -0.2) is 0 Å². The van der Waals surface area contributed by atoms with Gasteiger partial charge in [0.15, 0.2) is 0 Å². The van der Waals surface area contributed by atoms with Gasteiger partial charge in [0.25, 0.3) is 0 Å². The number of rotatable bonds is 7. The van der Waals surface area contributed by atoms with E-state index in [9.17, 15) is 18.3 Å². The maximum Gasteiger partial charge on any atom is 0.573 e. The predicted molar refractivity (Wildman–Crippen MR) is 123 cm³/mol. The lowest BCUT2D eigenvalue weighted by molar-refractivity contribution is -0.274. The zero-order chi connectivity index (χ0) is 23.3. The van der Waals surface area contributed by atoms with Gasteiger partial charge >= 0.3 is 6.36 Å². The lowest BCUT2D eigenvalue weighted by Crippen LogP contribution is -2.17. The molecule has 0 spiro atoms. The molecule has 0 aliphatic heterocycles. The normalized spacial score (nSPS) is 11.4. The van der Waals surface area contributed by atoms with Crippen LogP contribution in [-0.4, -0.2) is 17.7 Å². The van der Waals surface area contributed by atoms with Gasteiger partial charge in [-0.3, -0.25) is 5.43 Å². The van der Waals surface area contributed by atoms with Gasteiger partial charge in [0.2, 0.25) is 0 Å². The summed E-state index contributed by atoms with van der Waals surface area (Å²) in [6.07, 6.45) is -3.23. The molecule has 0 aliphatic carbocycles. The van der Waals surface area contributed by atoms with E-state index in [-0.39, 0.29) is 17.2 Å². The van der Waals surface area contributed by atoms with Crippen molar-refractivity contribution in [2.75, 3.05) is 0 Å². The molecule has 0 aromatic heterocycles. The molecular weight excluding hydrogens is 557 g/mol. The minimum atomic E-state index is -4.78. The number of phenolic OH excluding ortho intramolecular Hbond substituents is 1. The zero-order valence-electron chi connectivity index (χ0n) is 16.2. The van der Waals surface area contributed by atoms with Gasteiger partial charge < -0.3 is 14.6 Å². The van der Waals surface area contributed by atoms with Gasteiger partial charge in [-0.15, -0.1) is 13.2 Å². The second kappa shape index (κ2) is 10.1. The number of halogens is 5. The van der Waals surface area contributed by atoms with Crippen LogP contribution >= 0.6 is 31.9 Å². The first kappa shape index (κ1) is 23.7. The van der Waals surface area contributed by atoms with Crippen molar-refractivity contribution in [3.63, 3.8) is 0 Å². The van der Waals surface area contributed by atoms with Crippen LogP contribution in [0.4, 0.5) is 13.2 Å². The fourth-order valence-corrected chi connectivity index (χ4v) is 3.75. The minimum absolute atomic E-state index is 0.0897. The molecule has 0 aliphatic rings. The van der Waals surface area contributed by atoms with E-state index in [1.807, 2.05) is 0 Å². The average Bonchev–Trinajstić information content (AvgIpc) is 2.71. The van der Waals surface area contributed by atoms with Crippen molar-refractivity contribution in [1.82, 2.24) is 5.43 Å². The van der Waals surface area contributed by atoms with Gasteiger partial charge in [-0.05, 0) is 73.8 Å². The Kier molecular flexibility index (Phi) is 7.47. The van der Waals surface area contributed by atoms with Gasteiger partial charge in [0.1, 0.15) is 23.0 Å². The van der Waals surface area contributed by atoms with Crippen LogP contribution in [0.25, 0.3) is 5.70 Å². The monoisotopic (exact) mass is 570 g/mol. The van der Waals surface area contributed by atoms with Crippen molar-refractivity contribution < 1.29 is 27.8 Å². The average molecular weight is 572 g/mol. The van der Waals surface area contributed by atoms with Gasteiger partial charge in [0.05, 0.1) is 20.9 Å². The van der Waals surface area contributed by atoms with E-state index in [1.54, 1.807) is 42.6 Å². The zero-order valence-corrected chi connectivity index (χ0v) is 19.3. The molecule has 3 aromatic rings. The van der Waals surface area contributed by atoms with Crippen LogP contribution in [0.5, 0.6) is 23.0 Å². The van der Waals surface area contributed by atoms with Gasteiger partial charge in [-0.2, -0.15) is 5.10 Å². The first-order valence-electron chi connectivity index (χ1n) is 8.91. The Morgan fingerprint density at radius 3 is 2.22 bits per heavy atom. The number of alkyl halides is 3. The van der Waals surface area contributed by atoms with Crippen LogP contribution in [-0.2, 0) is 0 Å². The molecule has 0 unspecified atom stereocenters. The highest BCUT2D eigenvalue weighted by molar-refractivity contribution is 9.11. The number of hydrogen-bond donors (Lipinski definition) is 2. The SMILES string of the molecule is C=C(N/N=C/c1cc(Br)c(O)c(Br)c1)c1cccc(Oc2cccc(OC(F)(F)F)c2)c1. The fraction of sp³-hybridized carbons (Fsp3) is 0.0455. The standard InChI is InChI=1S/C22H15Br2F3N2O3/c1-13(29-28-12-14-8-19(23)21(30)20(24)9-14)15-4-2-5-16(10-15)31-17-6-3-7-18(11-17)32-22(25,26)27/h2-12,29-30H,1H2/b28-12+. The molecule has 32 heavy (non-hydrogen) atoms. The van der Waals surface area contributed by atoms with Crippen LogP contribution in [0.1, 0.15) is 11.1 Å². The number of phenols is 1. The van der Waals surface area contributed by atoms with Gasteiger partial charge in [0, 0.05) is 11.6 Å². The summed E-state index contributed by atoms with van der Waals surface area (Å²) in [5, 5.41) is 13.9. The van der Waals surface area contributed by atoms with Crippen molar-refractivity contribution in [2.45, 2.75) is 6.36 Å². The van der Waals surface area contributed by atoms with E-state index in [0.717, 1.165) is 11.6 Å².